The number of para-hydroxylation sites is 1. The number of ether oxygens (including phenoxy) is 1. The Balaban J connectivity index is 1.11. The SMILES string of the molecule is CN1CC[C@@H]2[C@H](C1)c1cc(C3CCCN(C(=O)OCc4ccccc4)CCc4c3[nH]c3ccccc43)ccc1N2Cc1ccccc1. The summed E-state index contributed by atoms with van der Waals surface area (Å²) >= 11 is 0. The average molecular weight is 625 g/mol. The Morgan fingerprint density at radius 3 is 2.45 bits per heavy atom. The molecule has 1 fully saturated rings. The van der Waals surface area contributed by atoms with Gasteiger partial charge in [-0.25, -0.2) is 4.79 Å². The molecule has 4 heterocycles. The minimum atomic E-state index is -0.225. The van der Waals surface area contributed by atoms with Gasteiger partial charge in [-0.1, -0.05) is 91.0 Å². The van der Waals surface area contributed by atoms with E-state index in [1.54, 1.807) is 0 Å². The second kappa shape index (κ2) is 12.9. The van der Waals surface area contributed by atoms with Crippen LogP contribution in [0.25, 0.3) is 10.9 Å². The highest BCUT2D eigenvalue weighted by Gasteiger charge is 2.41. The van der Waals surface area contributed by atoms with Gasteiger partial charge in [0.05, 0.1) is 0 Å². The first-order chi connectivity index (χ1) is 23.1. The van der Waals surface area contributed by atoms with Gasteiger partial charge in [0.2, 0.25) is 0 Å². The number of piperidine rings is 1. The number of rotatable bonds is 5. The van der Waals surface area contributed by atoms with Crippen LogP contribution >= 0.6 is 0 Å². The molecule has 0 radical (unpaired) electrons. The van der Waals surface area contributed by atoms with E-state index in [-0.39, 0.29) is 12.0 Å². The van der Waals surface area contributed by atoms with E-state index in [1.165, 1.54) is 51.0 Å². The molecule has 6 nitrogen and oxygen atoms in total. The Morgan fingerprint density at radius 1 is 0.851 bits per heavy atom. The fourth-order valence-corrected chi connectivity index (χ4v) is 8.39. The van der Waals surface area contributed by atoms with Crippen molar-refractivity contribution in [1.82, 2.24) is 14.8 Å². The first kappa shape index (κ1) is 29.8. The Kier molecular flexibility index (Phi) is 8.20. The molecule has 1 N–H and O–H groups in total. The molecule has 240 valence electrons. The van der Waals surface area contributed by atoms with E-state index in [2.05, 4.69) is 94.6 Å². The summed E-state index contributed by atoms with van der Waals surface area (Å²) in [6, 6.07) is 37.4. The van der Waals surface area contributed by atoms with Crippen LogP contribution in [0, 0.1) is 0 Å². The molecule has 0 spiro atoms. The van der Waals surface area contributed by atoms with Gasteiger partial charge in [0.1, 0.15) is 6.61 Å². The summed E-state index contributed by atoms with van der Waals surface area (Å²) in [5.74, 6) is 0.728. The van der Waals surface area contributed by atoms with E-state index in [0.29, 0.717) is 31.7 Å². The van der Waals surface area contributed by atoms with Gasteiger partial charge in [-0.15, -0.1) is 0 Å². The zero-order chi connectivity index (χ0) is 31.7. The molecular formula is C41H44N4O2. The molecule has 1 amide bonds. The number of hydrogen-bond donors (Lipinski definition) is 1. The van der Waals surface area contributed by atoms with E-state index in [1.807, 2.05) is 35.2 Å². The lowest BCUT2D eigenvalue weighted by Crippen LogP contribution is -2.44. The van der Waals surface area contributed by atoms with E-state index in [9.17, 15) is 4.79 Å². The predicted molar refractivity (Wildman–Crippen MR) is 189 cm³/mol. The number of fused-ring (bicyclic) bond motifs is 6. The maximum atomic E-state index is 13.4. The Morgan fingerprint density at radius 2 is 1.62 bits per heavy atom. The number of aromatic nitrogens is 1. The zero-order valence-corrected chi connectivity index (χ0v) is 27.3. The van der Waals surface area contributed by atoms with Crippen LogP contribution in [0.4, 0.5) is 10.5 Å². The van der Waals surface area contributed by atoms with Gasteiger partial charge in [-0.3, -0.25) is 0 Å². The van der Waals surface area contributed by atoms with Crippen LogP contribution in [0.15, 0.2) is 103 Å². The maximum Gasteiger partial charge on any atom is 0.410 e. The quantitative estimate of drug-likeness (QED) is 0.215. The largest absolute Gasteiger partial charge is 0.445 e. The molecule has 1 unspecified atom stereocenters. The Labute approximate surface area is 278 Å². The first-order valence-electron chi connectivity index (χ1n) is 17.3. The van der Waals surface area contributed by atoms with Crippen molar-refractivity contribution in [3.05, 3.63) is 137 Å². The monoisotopic (exact) mass is 624 g/mol. The van der Waals surface area contributed by atoms with Gasteiger partial charge >= 0.3 is 6.09 Å². The summed E-state index contributed by atoms with van der Waals surface area (Å²) < 4.78 is 5.81. The summed E-state index contributed by atoms with van der Waals surface area (Å²) in [7, 11) is 2.27. The van der Waals surface area contributed by atoms with Crippen LogP contribution < -0.4 is 4.90 Å². The van der Waals surface area contributed by atoms with Gasteiger partial charge < -0.3 is 24.4 Å². The number of amides is 1. The molecule has 6 heteroatoms. The zero-order valence-electron chi connectivity index (χ0n) is 27.3. The minimum absolute atomic E-state index is 0.225. The molecule has 3 atom stereocenters. The smallest absolute Gasteiger partial charge is 0.410 e. The normalized spacial score (nSPS) is 21.3. The van der Waals surface area contributed by atoms with Crippen molar-refractivity contribution in [3.8, 4) is 0 Å². The fraction of sp³-hybridized carbons (Fsp3) is 0.341. The number of likely N-dealkylation sites (N-methyl/N-ethyl adjacent to an activating group) is 1. The number of nitrogens with zero attached hydrogens (tertiary/aromatic N) is 3. The number of aromatic amines is 1. The number of hydrogen-bond acceptors (Lipinski definition) is 4. The molecule has 0 aliphatic carbocycles. The summed E-state index contributed by atoms with van der Waals surface area (Å²) in [6.07, 6.45) is 3.62. The summed E-state index contributed by atoms with van der Waals surface area (Å²) in [5, 5.41) is 1.26. The van der Waals surface area contributed by atoms with Gasteiger partial charge in [-0.2, -0.15) is 0 Å². The number of carbonyl (C=O) groups is 1. The van der Waals surface area contributed by atoms with E-state index in [4.69, 9.17) is 4.74 Å². The van der Waals surface area contributed by atoms with Crippen molar-refractivity contribution in [2.75, 3.05) is 38.1 Å². The third-order valence-corrected chi connectivity index (χ3v) is 10.7. The molecule has 3 aliphatic rings. The lowest BCUT2D eigenvalue weighted by molar-refractivity contribution is 0.0960. The lowest BCUT2D eigenvalue weighted by Gasteiger charge is -2.37. The van der Waals surface area contributed by atoms with E-state index < -0.39 is 0 Å². The third kappa shape index (κ3) is 5.91. The predicted octanol–water partition coefficient (Wildman–Crippen LogP) is 8.08. The van der Waals surface area contributed by atoms with Crippen LogP contribution in [0.2, 0.25) is 0 Å². The molecule has 0 saturated carbocycles. The van der Waals surface area contributed by atoms with Crippen LogP contribution in [-0.4, -0.2) is 60.1 Å². The van der Waals surface area contributed by atoms with Crippen LogP contribution in [0.3, 0.4) is 0 Å². The standard InChI is InChI=1S/C41H44N4O2/c1-43-23-21-39-36(27-43)35-25-31(18-19-38(35)45(39)26-29-11-4-2-5-12-29)32-16-10-22-44(41(46)47-28-30-13-6-3-7-14-30)24-20-34-33-15-8-9-17-37(33)42-40(32)34/h2-9,11-15,17-19,25,32,36,39,42H,10,16,20-24,26-28H2,1H3/t32?,36-,39-/m1/s1. The van der Waals surface area contributed by atoms with Crippen LogP contribution in [-0.2, 0) is 24.3 Å². The minimum Gasteiger partial charge on any atom is -0.445 e. The summed E-state index contributed by atoms with van der Waals surface area (Å²) in [6.45, 7) is 4.81. The number of nitrogens with one attached hydrogen (secondary N) is 1. The molecule has 0 bridgehead atoms. The highest BCUT2D eigenvalue weighted by Crippen LogP contribution is 2.47. The van der Waals surface area contributed by atoms with Crippen molar-refractivity contribution in [2.24, 2.45) is 0 Å². The number of benzene rings is 4. The molecule has 1 saturated heterocycles. The van der Waals surface area contributed by atoms with Crippen LogP contribution in [0.5, 0.6) is 0 Å². The topological polar surface area (TPSA) is 51.8 Å². The fourth-order valence-electron chi connectivity index (χ4n) is 8.39. The van der Waals surface area contributed by atoms with Gasteiger partial charge in [0, 0.05) is 66.3 Å². The molecule has 3 aliphatic heterocycles. The number of likely N-dealkylation sites (tertiary alicyclic amines) is 1. The molecule has 5 aromatic rings. The Hall–Kier alpha value is -4.55. The Bertz CT molecular complexity index is 1850. The second-order valence-corrected chi connectivity index (χ2v) is 13.7. The third-order valence-electron chi connectivity index (χ3n) is 10.7. The molecule has 1 aromatic heterocycles. The molecule has 4 aromatic carbocycles. The highest BCUT2D eigenvalue weighted by atomic mass is 16.6. The van der Waals surface area contributed by atoms with Crippen molar-refractivity contribution in [2.45, 2.75) is 56.7 Å². The van der Waals surface area contributed by atoms with Crippen molar-refractivity contribution in [1.29, 1.82) is 0 Å². The van der Waals surface area contributed by atoms with E-state index in [0.717, 1.165) is 44.5 Å². The van der Waals surface area contributed by atoms with Crippen molar-refractivity contribution >= 4 is 22.7 Å². The average Bonchev–Trinajstić information content (AvgIpc) is 3.64. The summed E-state index contributed by atoms with van der Waals surface area (Å²) in [5.41, 5.74) is 10.5. The lowest BCUT2D eigenvalue weighted by atomic mass is 9.84. The van der Waals surface area contributed by atoms with Gasteiger partial charge in [0.15, 0.2) is 0 Å². The van der Waals surface area contributed by atoms with E-state index >= 15 is 0 Å². The van der Waals surface area contributed by atoms with Gasteiger partial charge in [0.25, 0.3) is 0 Å². The first-order valence-corrected chi connectivity index (χ1v) is 17.3. The second-order valence-electron chi connectivity index (χ2n) is 13.7. The molecule has 8 rings (SSSR count). The number of carbonyl (C=O) groups excluding carboxylic acids is 1. The molecule has 47 heavy (non-hydrogen) atoms. The van der Waals surface area contributed by atoms with Crippen LogP contribution in [0.1, 0.15) is 64.6 Å². The summed E-state index contributed by atoms with van der Waals surface area (Å²) in [4.78, 5) is 24.3. The van der Waals surface area contributed by atoms with Crippen molar-refractivity contribution < 1.29 is 9.53 Å². The number of H-pyrrole nitrogens is 1. The molecular weight excluding hydrogens is 580 g/mol. The van der Waals surface area contributed by atoms with Gasteiger partial charge in [-0.05, 0) is 79.2 Å². The number of anilines is 1. The highest BCUT2D eigenvalue weighted by molar-refractivity contribution is 5.85. The van der Waals surface area contributed by atoms with Crippen molar-refractivity contribution in [3.63, 3.8) is 0 Å². The maximum absolute atomic E-state index is 13.4.